The zero-order valence-electron chi connectivity index (χ0n) is 5.53. The average Bonchev–Trinajstić information content (AvgIpc) is 2.06. The number of fused-ring (bicyclic) bond motifs is 1. The molecule has 54 valence electrons. The van der Waals surface area contributed by atoms with E-state index < -0.39 is 0 Å². The van der Waals surface area contributed by atoms with Crippen LogP contribution in [0.5, 0.6) is 0 Å². The number of hydrogen-bond donors (Lipinski definition) is 0. The van der Waals surface area contributed by atoms with Crippen LogP contribution in [-0.4, -0.2) is 15.0 Å². The predicted molar refractivity (Wildman–Crippen MR) is 50.1 cm³/mol. The van der Waals surface area contributed by atoms with E-state index in [0.717, 1.165) is 14.6 Å². The molecule has 2 aromatic heterocycles. The lowest BCUT2D eigenvalue weighted by Crippen LogP contribution is -1.86. The van der Waals surface area contributed by atoms with Crippen molar-refractivity contribution in [2.45, 2.75) is 0 Å². The highest BCUT2D eigenvalue weighted by molar-refractivity contribution is 14.1. The fourth-order valence-electron chi connectivity index (χ4n) is 0.870. The normalized spacial score (nSPS) is 10.3. The average molecular weight is 257 g/mol. The van der Waals surface area contributed by atoms with Gasteiger partial charge < -0.3 is 0 Å². The number of nitrogens with zero attached hydrogens (tertiary/aromatic N) is 3. The lowest BCUT2D eigenvalue weighted by atomic mass is 10.3. The first-order valence-corrected chi connectivity index (χ1v) is 4.16. The third-order valence-corrected chi connectivity index (χ3v) is 2.25. The molecule has 0 aromatic carbocycles. The van der Waals surface area contributed by atoms with Crippen LogP contribution in [0, 0.1) is 3.70 Å². The fourth-order valence-corrected chi connectivity index (χ4v) is 1.41. The molecule has 0 fully saturated rings. The largest absolute Gasteiger partial charge is 0.264 e. The molecule has 0 saturated carbocycles. The lowest BCUT2D eigenvalue weighted by molar-refractivity contribution is 1.18. The minimum absolute atomic E-state index is 0.944. The molecule has 0 amide bonds. The Morgan fingerprint density at radius 2 is 2.18 bits per heavy atom. The van der Waals surface area contributed by atoms with Crippen molar-refractivity contribution in [1.82, 2.24) is 15.0 Å². The van der Waals surface area contributed by atoms with Gasteiger partial charge >= 0.3 is 0 Å². The third-order valence-electron chi connectivity index (χ3n) is 1.39. The van der Waals surface area contributed by atoms with E-state index in [9.17, 15) is 0 Å². The minimum Gasteiger partial charge on any atom is -0.264 e. The van der Waals surface area contributed by atoms with Crippen LogP contribution in [0.25, 0.3) is 10.9 Å². The molecule has 2 aromatic rings. The summed E-state index contributed by atoms with van der Waals surface area (Å²) in [5, 5.41) is 1.01. The second-order valence-electron chi connectivity index (χ2n) is 2.06. The van der Waals surface area contributed by atoms with Crippen LogP contribution in [0.1, 0.15) is 0 Å². The van der Waals surface area contributed by atoms with Crippen molar-refractivity contribution in [3.05, 3.63) is 28.5 Å². The van der Waals surface area contributed by atoms with Gasteiger partial charge in [0.2, 0.25) is 0 Å². The molecule has 4 heteroatoms. The summed E-state index contributed by atoms with van der Waals surface area (Å²) < 4.78 is 0.945. The summed E-state index contributed by atoms with van der Waals surface area (Å²) in [6.07, 6.45) is 5.06. The monoisotopic (exact) mass is 257 g/mol. The van der Waals surface area contributed by atoms with Crippen LogP contribution in [0.3, 0.4) is 0 Å². The third kappa shape index (κ3) is 1.18. The number of hydrogen-bond acceptors (Lipinski definition) is 3. The van der Waals surface area contributed by atoms with Gasteiger partial charge in [0.1, 0.15) is 10.0 Å². The van der Waals surface area contributed by atoms with Gasteiger partial charge in [0.05, 0.1) is 10.9 Å². The second kappa shape index (κ2) is 2.69. The van der Waals surface area contributed by atoms with Crippen LogP contribution in [0.4, 0.5) is 0 Å². The Kier molecular flexibility index (Phi) is 1.69. The van der Waals surface area contributed by atoms with E-state index in [0.29, 0.717) is 0 Å². The Morgan fingerprint density at radius 1 is 1.27 bits per heavy atom. The van der Waals surface area contributed by atoms with Crippen LogP contribution in [-0.2, 0) is 0 Å². The zero-order chi connectivity index (χ0) is 7.68. The van der Waals surface area contributed by atoms with Crippen LogP contribution < -0.4 is 0 Å². The van der Waals surface area contributed by atoms with E-state index in [-0.39, 0.29) is 0 Å². The molecule has 0 aliphatic heterocycles. The Bertz CT molecular complexity index is 383. The van der Waals surface area contributed by atoms with E-state index >= 15 is 0 Å². The van der Waals surface area contributed by atoms with Gasteiger partial charge in [-0.1, -0.05) is 0 Å². The first kappa shape index (κ1) is 6.90. The summed E-state index contributed by atoms with van der Waals surface area (Å²) in [5.74, 6) is 0. The van der Waals surface area contributed by atoms with Crippen LogP contribution >= 0.6 is 22.6 Å². The van der Waals surface area contributed by atoms with Gasteiger partial charge in [0.15, 0.2) is 0 Å². The van der Waals surface area contributed by atoms with E-state index in [1.807, 2.05) is 6.07 Å². The molecule has 0 unspecified atom stereocenters. The summed E-state index contributed by atoms with van der Waals surface area (Å²) in [7, 11) is 0. The summed E-state index contributed by atoms with van der Waals surface area (Å²) in [4.78, 5) is 12.1. The molecule has 0 N–H and O–H groups in total. The van der Waals surface area contributed by atoms with Crippen molar-refractivity contribution in [2.75, 3.05) is 0 Å². The quantitative estimate of drug-likeness (QED) is 0.531. The Labute approximate surface area is 77.0 Å². The smallest absolute Gasteiger partial charge is 0.117 e. The first-order valence-electron chi connectivity index (χ1n) is 3.08. The Balaban J connectivity index is 2.91. The van der Waals surface area contributed by atoms with Crippen molar-refractivity contribution < 1.29 is 0 Å². The molecular formula is C7H4IN3. The number of rotatable bonds is 0. The molecule has 0 aliphatic rings. The maximum Gasteiger partial charge on any atom is 0.117 e. The molecular weight excluding hydrogens is 253 g/mol. The topological polar surface area (TPSA) is 38.7 Å². The molecule has 0 spiro atoms. The second-order valence-corrected chi connectivity index (χ2v) is 3.08. The maximum atomic E-state index is 4.09. The molecule has 2 heterocycles. The highest BCUT2D eigenvalue weighted by Crippen LogP contribution is 2.13. The van der Waals surface area contributed by atoms with Gasteiger partial charge in [-0.3, -0.25) is 4.98 Å². The van der Waals surface area contributed by atoms with Gasteiger partial charge in [0, 0.05) is 12.4 Å². The zero-order valence-corrected chi connectivity index (χ0v) is 7.69. The van der Waals surface area contributed by atoms with Crippen molar-refractivity contribution in [2.24, 2.45) is 0 Å². The van der Waals surface area contributed by atoms with Gasteiger partial charge in [-0.2, -0.15) is 0 Å². The molecule has 2 rings (SSSR count). The maximum absolute atomic E-state index is 4.09. The molecule has 11 heavy (non-hydrogen) atoms. The molecule has 0 atom stereocenters. The Hall–Kier alpha value is -0.780. The molecule has 3 nitrogen and oxygen atoms in total. The summed E-state index contributed by atoms with van der Waals surface area (Å²) >= 11 is 2.17. The molecule has 0 radical (unpaired) electrons. The van der Waals surface area contributed by atoms with Crippen molar-refractivity contribution in [3.8, 4) is 0 Å². The number of aromatic nitrogens is 3. The number of halogens is 1. The summed E-state index contributed by atoms with van der Waals surface area (Å²) in [6.45, 7) is 0. The molecule has 0 bridgehead atoms. The van der Waals surface area contributed by atoms with Gasteiger partial charge in [-0.05, 0) is 28.7 Å². The van der Waals surface area contributed by atoms with Gasteiger partial charge in [-0.15, -0.1) is 0 Å². The minimum atomic E-state index is 0.944. The van der Waals surface area contributed by atoms with Gasteiger partial charge in [-0.25, -0.2) is 9.97 Å². The predicted octanol–water partition coefficient (Wildman–Crippen LogP) is 1.63. The van der Waals surface area contributed by atoms with E-state index in [4.69, 9.17) is 0 Å². The van der Waals surface area contributed by atoms with E-state index in [1.165, 1.54) is 0 Å². The van der Waals surface area contributed by atoms with Crippen LogP contribution in [0.15, 0.2) is 24.8 Å². The summed E-state index contributed by atoms with van der Waals surface area (Å²) in [5.41, 5.74) is 0.944. The van der Waals surface area contributed by atoms with Crippen molar-refractivity contribution in [3.63, 3.8) is 0 Å². The van der Waals surface area contributed by atoms with E-state index in [1.54, 1.807) is 18.7 Å². The van der Waals surface area contributed by atoms with Crippen molar-refractivity contribution >= 4 is 33.5 Å². The molecule has 0 saturated heterocycles. The highest BCUT2D eigenvalue weighted by atomic mass is 127. The highest BCUT2D eigenvalue weighted by Gasteiger charge is 1.97. The lowest BCUT2D eigenvalue weighted by Gasteiger charge is -1.95. The standard InChI is InChI=1S/C7H4IN3/c8-7-5-3-9-2-1-6(5)10-4-11-7/h1-4H. The van der Waals surface area contributed by atoms with Gasteiger partial charge in [0.25, 0.3) is 0 Å². The van der Waals surface area contributed by atoms with Crippen LogP contribution in [0.2, 0.25) is 0 Å². The van der Waals surface area contributed by atoms with Crippen molar-refractivity contribution in [1.29, 1.82) is 0 Å². The van der Waals surface area contributed by atoms with E-state index in [2.05, 4.69) is 37.5 Å². The molecule has 0 aliphatic carbocycles. The fraction of sp³-hybridized carbons (Fsp3) is 0. The SMILES string of the molecule is Ic1ncnc2ccncc12. The number of pyridine rings is 1. The first-order chi connectivity index (χ1) is 5.38. The summed E-state index contributed by atoms with van der Waals surface area (Å²) in [6, 6.07) is 1.87. The Morgan fingerprint density at radius 3 is 3.00 bits per heavy atom.